The van der Waals surface area contributed by atoms with Gasteiger partial charge in [0.15, 0.2) is 17.5 Å². The molecule has 0 fully saturated rings. The van der Waals surface area contributed by atoms with E-state index in [0.29, 0.717) is 6.07 Å². The Kier molecular flexibility index (Phi) is 2.12. The molecule has 0 amide bonds. The highest BCUT2D eigenvalue weighted by molar-refractivity contribution is 5.42. The maximum atomic E-state index is 12.7. The molecule has 1 rings (SSSR count). The van der Waals surface area contributed by atoms with Gasteiger partial charge >= 0.3 is 0 Å². The van der Waals surface area contributed by atoms with Crippen molar-refractivity contribution in [2.75, 3.05) is 0 Å². The minimum absolute atomic E-state index is 0.421. The summed E-state index contributed by atoms with van der Waals surface area (Å²) in [6, 6.07) is 0.421. The SMILES string of the molecule is Cc1c(F)c(F)cc(N=O)c1F. The topological polar surface area (TPSA) is 29.4 Å². The van der Waals surface area contributed by atoms with Gasteiger partial charge in [0.05, 0.1) is 0 Å². The minimum Gasteiger partial charge on any atom is -0.204 e. The third kappa shape index (κ3) is 1.17. The molecule has 0 saturated carbocycles. The Morgan fingerprint density at radius 1 is 1.25 bits per heavy atom. The Morgan fingerprint density at radius 3 is 2.33 bits per heavy atom. The van der Waals surface area contributed by atoms with Crippen LogP contribution in [0.5, 0.6) is 0 Å². The average Bonchev–Trinajstić information content (AvgIpc) is 2.08. The van der Waals surface area contributed by atoms with Crippen molar-refractivity contribution >= 4 is 5.69 Å². The van der Waals surface area contributed by atoms with E-state index in [1.807, 2.05) is 0 Å². The van der Waals surface area contributed by atoms with Gasteiger partial charge in [-0.2, -0.15) is 0 Å². The van der Waals surface area contributed by atoms with Crippen LogP contribution in [0.15, 0.2) is 11.2 Å². The van der Waals surface area contributed by atoms with Gasteiger partial charge in [-0.05, 0) is 12.1 Å². The highest BCUT2D eigenvalue weighted by Crippen LogP contribution is 2.24. The van der Waals surface area contributed by atoms with E-state index in [2.05, 4.69) is 5.18 Å². The summed E-state index contributed by atoms with van der Waals surface area (Å²) in [4.78, 5) is 9.86. The Bertz CT molecular complexity index is 338. The lowest BCUT2D eigenvalue weighted by Gasteiger charge is -2.00. The molecule has 1 aromatic carbocycles. The molecule has 0 unspecified atom stereocenters. The summed E-state index contributed by atoms with van der Waals surface area (Å²) in [6.07, 6.45) is 0. The normalized spacial score (nSPS) is 10.0. The third-order valence-corrected chi connectivity index (χ3v) is 1.45. The summed E-state index contributed by atoms with van der Waals surface area (Å²) < 4.78 is 37.8. The van der Waals surface area contributed by atoms with Gasteiger partial charge in [-0.25, -0.2) is 13.2 Å². The van der Waals surface area contributed by atoms with Gasteiger partial charge in [-0.3, -0.25) is 0 Å². The van der Waals surface area contributed by atoms with E-state index in [1.54, 1.807) is 0 Å². The van der Waals surface area contributed by atoms with E-state index in [0.717, 1.165) is 6.92 Å². The molecule has 0 radical (unpaired) electrons. The van der Waals surface area contributed by atoms with Crippen LogP contribution < -0.4 is 0 Å². The average molecular weight is 175 g/mol. The molecule has 0 heterocycles. The molecule has 0 aliphatic carbocycles. The van der Waals surface area contributed by atoms with Crippen LogP contribution in [-0.4, -0.2) is 0 Å². The van der Waals surface area contributed by atoms with E-state index >= 15 is 0 Å². The number of halogens is 3. The molecular formula is C7H4F3NO. The van der Waals surface area contributed by atoms with E-state index < -0.39 is 28.7 Å². The first-order chi connectivity index (χ1) is 5.57. The minimum atomic E-state index is -1.29. The number of hydrogen-bond donors (Lipinski definition) is 0. The van der Waals surface area contributed by atoms with E-state index in [9.17, 15) is 18.1 Å². The van der Waals surface area contributed by atoms with Crippen LogP contribution in [0, 0.1) is 29.3 Å². The standard InChI is InChI=1S/C7H4F3NO/c1-3-6(9)4(8)2-5(11-12)7(3)10/h2H,1H3. The van der Waals surface area contributed by atoms with Crippen molar-refractivity contribution in [1.82, 2.24) is 0 Å². The molecule has 0 saturated heterocycles. The zero-order valence-electron chi connectivity index (χ0n) is 6.07. The zero-order valence-corrected chi connectivity index (χ0v) is 6.07. The number of nitrogens with zero attached hydrogens (tertiary/aromatic N) is 1. The lowest BCUT2D eigenvalue weighted by Crippen LogP contribution is -1.93. The molecule has 64 valence electrons. The van der Waals surface area contributed by atoms with Crippen molar-refractivity contribution in [1.29, 1.82) is 0 Å². The maximum absolute atomic E-state index is 12.7. The van der Waals surface area contributed by atoms with Gasteiger partial charge in [0.25, 0.3) is 0 Å². The van der Waals surface area contributed by atoms with Crippen LogP contribution in [0.3, 0.4) is 0 Å². The van der Waals surface area contributed by atoms with Gasteiger partial charge in [0.1, 0.15) is 5.69 Å². The predicted octanol–water partition coefficient (Wildman–Crippen LogP) is 2.81. The van der Waals surface area contributed by atoms with Crippen molar-refractivity contribution < 1.29 is 13.2 Å². The van der Waals surface area contributed by atoms with Crippen molar-refractivity contribution in [2.45, 2.75) is 6.92 Å². The fraction of sp³-hybridized carbons (Fsp3) is 0.143. The molecule has 0 atom stereocenters. The summed E-state index contributed by atoms with van der Waals surface area (Å²) in [5.41, 5.74) is -1.25. The summed E-state index contributed by atoms with van der Waals surface area (Å²) in [5.74, 6) is -3.69. The Balaban J connectivity index is 3.49. The summed E-state index contributed by atoms with van der Waals surface area (Å²) in [7, 11) is 0. The van der Waals surface area contributed by atoms with Crippen molar-refractivity contribution in [3.8, 4) is 0 Å². The lowest BCUT2D eigenvalue weighted by molar-refractivity contribution is 0.487. The molecule has 1 aromatic rings. The smallest absolute Gasteiger partial charge is 0.164 e. The van der Waals surface area contributed by atoms with Gasteiger partial charge in [-0.1, -0.05) is 0 Å². The molecular weight excluding hydrogens is 171 g/mol. The second kappa shape index (κ2) is 2.92. The zero-order chi connectivity index (χ0) is 9.30. The summed E-state index contributed by atoms with van der Waals surface area (Å²) >= 11 is 0. The molecule has 0 spiro atoms. The van der Waals surface area contributed by atoms with Gasteiger partial charge in [-0.15, -0.1) is 4.91 Å². The Hall–Kier alpha value is -1.39. The number of nitroso groups, excluding NO2 is 1. The van der Waals surface area contributed by atoms with Crippen LogP contribution in [0.1, 0.15) is 5.56 Å². The summed E-state index contributed by atoms with van der Waals surface area (Å²) in [5, 5.41) is 2.20. The second-order valence-electron chi connectivity index (χ2n) is 2.22. The Morgan fingerprint density at radius 2 is 1.83 bits per heavy atom. The quantitative estimate of drug-likeness (QED) is 0.476. The first-order valence-electron chi connectivity index (χ1n) is 3.05. The van der Waals surface area contributed by atoms with Crippen molar-refractivity contribution in [3.63, 3.8) is 0 Å². The highest BCUT2D eigenvalue weighted by Gasteiger charge is 2.15. The molecule has 0 aromatic heterocycles. The van der Waals surface area contributed by atoms with Gasteiger partial charge < -0.3 is 0 Å². The monoisotopic (exact) mass is 175 g/mol. The molecule has 12 heavy (non-hydrogen) atoms. The van der Waals surface area contributed by atoms with Crippen LogP contribution in [0.2, 0.25) is 0 Å². The fourth-order valence-electron chi connectivity index (χ4n) is 0.781. The van der Waals surface area contributed by atoms with Gasteiger partial charge in [0, 0.05) is 11.6 Å². The Labute approximate surface area is 66.0 Å². The number of hydrogen-bond acceptors (Lipinski definition) is 2. The van der Waals surface area contributed by atoms with E-state index in [1.165, 1.54) is 0 Å². The molecule has 0 aliphatic rings. The van der Waals surface area contributed by atoms with Crippen molar-refractivity contribution in [2.24, 2.45) is 5.18 Å². The third-order valence-electron chi connectivity index (χ3n) is 1.45. The number of benzene rings is 1. The molecule has 0 aliphatic heterocycles. The van der Waals surface area contributed by atoms with Crippen molar-refractivity contribution in [3.05, 3.63) is 34.0 Å². The molecule has 5 heteroatoms. The lowest BCUT2D eigenvalue weighted by atomic mass is 10.2. The highest BCUT2D eigenvalue weighted by atomic mass is 19.2. The largest absolute Gasteiger partial charge is 0.204 e. The fourth-order valence-corrected chi connectivity index (χ4v) is 0.781. The predicted molar refractivity (Wildman–Crippen MR) is 36.5 cm³/mol. The van der Waals surface area contributed by atoms with E-state index in [-0.39, 0.29) is 0 Å². The second-order valence-corrected chi connectivity index (χ2v) is 2.22. The van der Waals surface area contributed by atoms with Crippen LogP contribution in [0.25, 0.3) is 0 Å². The van der Waals surface area contributed by atoms with Gasteiger partial charge in [0.2, 0.25) is 0 Å². The van der Waals surface area contributed by atoms with Crippen LogP contribution >= 0.6 is 0 Å². The molecule has 0 N–H and O–H groups in total. The maximum Gasteiger partial charge on any atom is 0.164 e. The number of rotatable bonds is 1. The first kappa shape index (κ1) is 8.70. The van der Waals surface area contributed by atoms with Crippen LogP contribution in [0.4, 0.5) is 18.9 Å². The van der Waals surface area contributed by atoms with E-state index in [4.69, 9.17) is 0 Å². The molecule has 0 bridgehead atoms. The van der Waals surface area contributed by atoms with Crippen LogP contribution in [-0.2, 0) is 0 Å². The summed E-state index contributed by atoms with van der Waals surface area (Å²) in [6.45, 7) is 1.03. The molecule has 2 nitrogen and oxygen atoms in total. The first-order valence-corrected chi connectivity index (χ1v) is 3.05.